The molecule has 3 aromatic rings. The van der Waals surface area contributed by atoms with E-state index in [0.29, 0.717) is 34.7 Å². The fraction of sp³-hybridized carbons (Fsp3) is 0.333. The van der Waals surface area contributed by atoms with Gasteiger partial charge in [0.1, 0.15) is 17.3 Å². The van der Waals surface area contributed by atoms with Gasteiger partial charge in [-0.3, -0.25) is 0 Å². The minimum absolute atomic E-state index is 0.0187. The molecule has 3 rings (SSSR count). The number of aliphatic hydroxyl groups excluding tert-OH is 1. The zero-order valence-electron chi connectivity index (χ0n) is 19.6. The van der Waals surface area contributed by atoms with Gasteiger partial charge in [-0.25, -0.2) is 4.39 Å². The summed E-state index contributed by atoms with van der Waals surface area (Å²) in [5, 5.41) is 11.1. The smallest absolute Gasteiger partial charge is 0.416 e. The molecule has 0 heterocycles. The van der Waals surface area contributed by atoms with Crippen LogP contribution < -0.4 is 9.64 Å². The minimum atomic E-state index is -4.62. The van der Waals surface area contributed by atoms with Crippen molar-refractivity contribution in [1.82, 2.24) is 0 Å². The van der Waals surface area contributed by atoms with Gasteiger partial charge in [-0.05, 0) is 60.9 Å². The van der Waals surface area contributed by atoms with E-state index < -0.39 is 23.7 Å². The molecule has 188 valence electrons. The molecule has 0 radical (unpaired) electrons. The molecule has 0 aliphatic carbocycles. The van der Waals surface area contributed by atoms with Gasteiger partial charge >= 0.3 is 6.18 Å². The van der Waals surface area contributed by atoms with E-state index >= 15 is 0 Å². The Morgan fingerprint density at radius 1 is 0.971 bits per heavy atom. The maximum atomic E-state index is 14.6. The van der Waals surface area contributed by atoms with Gasteiger partial charge in [-0.15, -0.1) is 0 Å². The number of hydrogen-bond donors (Lipinski definition) is 1. The van der Waals surface area contributed by atoms with E-state index in [1.165, 1.54) is 0 Å². The lowest BCUT2D eigenvalue weighted by molar-refractivity contribution is -0.137. The molecule has 3 aromatic carbocycles. The molecule has 0 aliphatic heterocycles. The molecule has 0 aliphatic rings. The molecular weight excluding hydrogens is 482 g/mol. The van der Waals surface area contributed by atoms with Crippen molar-refractivity contribution in [3.8, 4) is 11.5 Å². The molecule has 0 saturated carbocycles. The second-order valence-corrected chi connectivity index (χ2v) is 8.74. The van der Waals surface area contributed by atoms with Crippen LogP contribution in [0.3, 0.4) is 0 Å². The monoisotopic (exact) mass is 509 g/mol. The highest BCUT2D eigenvalue weighted by molar-refractivity contribution is 6.31. The lowest BCUT2D eigenvalue weighted by Crippen LogP contribution is -2.32. The van der Waals surface area contributed by atoms with Gasteiger partial charge in [-0.2, -0.15) is 13.2 Å². The molecule has 1 unspecified atom stereocenters. The first kappa shape index (κ1) is 26.8. The average molecular weight is 510 g/mol. The van der Waals surface area contributed by atoms with Gasteiger partial charge < -0.3 is 14.7 Å². The third kappa shape index (κ3) is 7.36. The van der Waals surface area contributed by atoms with E-state index in [0.717, 1.165) is 30.5 Å². The maximum absolute atomic E-state index is 14.6. The van der Waals surface area contributed by atoms with E-state index in [2.05, 4.69) is 0 Å². The first-order chi connectivity index (χ1) is 16.6. The topological polar surface area (TPSA) is 32.7 Å². The molecule has 8 heteroatoms. The molecule has 1 N–H and O–H groups in total. The van der Waals surface area contributed by atoms with Crippen LogP contribution in [0.25, 0.3) is 0 Å². The highest BCUT2D eigenvalue weighted by atomic mass is 35.5. The summed E-state index contributed by atoms with van der Waals surface area (Å²) < 4.78 is 59.4. The summed E-state index contributed by atoms with van der Waals surface area (Å²) in [4.78, 5) is 1.73. The van der Waals surface area contributed by atoms with Gasteiger partial charge in [0, 0.05) is 35.4 Å². The van der Waals surface area contributed by atoms with Crippen molar-refractivity contribution in [1.29, 1.82) is 0 Å². The van der Waals surface area contributed by atoms with Crippen LogP contribution >= 0.6 is 11.6 Å². The number of rotatable bonds is 10. The first-order valence-electron chi connectivity index (χ1n) is 11.5. The van der Waals surface area contributed by atoms with Crippen LogP contribution in [0.1, 0.15) is 43.4 Å². The number of aryl methyl sites for hydroxylation is 1. The van der Waals surface area contributed by atoms with Crippen LogP contribution in [0.2, 0.25) is 5.02 Å². The Morgan fingerprint density at radius 3 is 2.37 bits per heavy atom. The Balaban J connectivity index is 1.88. The van der Waals surface area contributed by atoms with Crippen LogP contribution in [-0.4, -0.2) is 17.8 Å². The second kappa shape index (κ2) is 11.8. The number of alkyl halides is 3. The van der Waals surface area contributed by atoms with Gasteiger partial charge in [-0.1, -0.05) is 44.0 Å². The summed E-state index contributed by atoms with van der Waals surface area (Å²) in [7, 11) is 0. The second-order valence-electron chi connectivity index (χ2n) is 8.33. The van der Waals surface area contributed by atoms with E-state index in [-0.39, 0.29) is 18.7 Å². The molecule has 0 amide bonds. The third-order valence-electron chi connectivity index (χ3n) is 5.61. The quantitative estimate of drug-likeness (QED) is 0.281. The normalized spacial score (nSPS) is 12.5. The molecule has 1 atom stereocenters. The molecule has 35 heavy (non-hydrogen) atoms. The number of nitrogens with zero attached hydrogens (tertiary/aromatic N) is 1. The number of hydrogen-bond acceptors (Lipinski definition) is 3. The summed E-state index contributed by atoms with van der Waals surface area (Å²) in [5.74, 6) is 0.181. The fourth-order valence-electron chi connectivity index (χ4n) is 3.76. The predicted molar refractivity (Wildman–Crippen MR) is 131 cm³/mol. The van der Waals surface area contributed by atoms with Crippen molar-refractivity contribution >= 4 is 17.3 Å². The standard InChI is InChI=1S/C27H28ClF4NO2/c1-3-6-22(34)17-33(16-19-9-10-20(14-26(19)29)27(30,31)32)21-7-5-8-23(15-21)35-24-11-12-25(28)18(4-2)13-24/h5,7-15,22,34H,3-4,6,16-17H2,1-2H3. The van der Waals surface area contributed by atoms with Gasteiger partial charge in [0.15, 0.2) is 0 Å². The van der Waals surface area contributed by atoms with Gasteiger partial charge in [0.05, 0.1) is 11.7 Å². The number of benzene rings is 3. The number of aliphatic hydroxyl groups is 1. The Labute approximate surface area is 207 Å². The maximum Gasteiger partial charge on any atom is 0.416 e. The van der Waals surface area contributed by atoms with Crippen LogP contribution in [-0.2, 0) is 19.1 Å². The number of halogens is 5. The molecule has 0 aromatic heterocycles. The molecule has 0 fully saturated rings. The molecule has 3 nitrogen and oxygen atoms in total. The highest BCUT2D eigenvalue weighted by Crippen LogP contribution is 2.32. The van der Waals surface area contributed by atoms with Crippen LogP contribution in [0, 0.1) is 5.82 Å². The SMILES string of the molecule is CCCC(O)CN(Cc1ccc(C(F)(F)F)cc1F)c1cccc(Oc2ccc(Cl)c(CC)c2)c1. The highest BCUT2D eigenvalue weighted by Gasteiger charge is 2.31. The fourth-order valence-corrected chi connectivity index (χ4v) is 4.01. The molecule has 0 bridgehead atoms. The van der Waals surface area contributed by atoms with Crippen molar-refractivity contribution in [3.63, 3.8) is 0 Å². The van der Waals surface area contributed by atoms with Gasteiger partial charge in [0.2, 0.25) is 0 Å². The summed E-state index contributed by atoms with van der Waals surface area (Å²) in [6, 6.07) is 15.0. The lowest BCUT2D eigenvalue weighted by atomic mass is 10.1. The van der Waals surface area contributed by atoms with E-state index in [1.54, 1.807) is 41.3 Å². The summed E-state index contributed by atoms with van der Waals surface area (Å²) in [6.07, 6.45) is -3.28. The van der Waals surface area contributed by atoms with E-state index in [1.807, 2.05) is 19.9 Å². The summed E-state index contributed by atoms with van der Waals surface area (Å²) >= 11 is 6.19. The van der Waals surface area contributed by atoms with Crippen LogP contribution in [0.5, 0.6) is 11.5 Å². The predicted octanol–water partition coefficient (Wildman–Crippen LogP) is 8.02. The minimum Gasteiger partial charge on any atom is -0.457 e. The Bertz CT molecular complexity index is 1140. The van der Waals surface area contributed by atoms with Crippen molar-refractivity contribution in [3.05, 3.63) is 88.2 Å². The molecule has 0 saturated heterocycles. The lowest BCUT2D eigenvalue weighted by Gasteiger charge is -2.28. The Hall–Kier alpha value is -2.77. The zero-order valence-corrected chi connectivity index (χ0v) is 20.3. The van der Waals surface area contributed by atoms with E-state index in [4.69, 9.17) is 16.3 Å². The first-order valence-corrected chi connectivity index (χ1v) is 11.8. The summed E-state index contributed by atoms with van der Waals surface area (Å²) in [5.41, 5.74) is 0.642. The zero-order chi connectivity index (χ0) is 25.6. The van der Waals surface area contributed by atoms with Crippen molar-refractivity contribution in [2.75, 3.05) is 11.4 Å². The number of ether oxygens (including phenoxy) is 1. The van der Waals surface area contributed by atoms with Crippen molar-refractivity contribution in [2.45, 2.75) is 51.9 Å². The molecular formula is C27H28ClF4NO2. The van der Waals surface area contributed by atoms with Crippen molar-refractivity contribution in [2.24, 2.45) is 0 Å². The summed E-state index contributed by atoms with van der Waals surface area (Å²) in [6.45, 7) is 4.09. The Kier molecular flexibility index (Phi) is 9.03. The van der Waals surface area contributed by atoms with Gasteiger partial charge in [0.25, 0.3) is 0 Å². The molecule has 0 spiro atoms. The van der Waals surface area contributed by atoms with Crippen LogP contribution in [0.15, 0.2) is 60.7 Å². The van der Waals surface area contributed by atoms with Crippen molar-refractivity contribution < 1.29 is 27.4 Å². The Morgan fingerprint density at radius 2 is 1.71 bits per heavy atom. The largest absolute Gasteiger partial charge is 0.457 e. The average Bonchev–Trinajstić information content (AvgIpc) is 2.80. The van der Waals surface area contributed by atoms with E-state index in [9.17, 15) is 22.7 Å². The van der Waals surface area contributed by atoms with Crippen LogP contribution in [0.4, 0.5) is 23.2 Å². The number of anilines is 1. The third-order valence-corrected chi connectivity index (χ3v) is 5.98.